The molecule has 0 fully saturated rings. The Morgan fingerprint density at radius 3 is 2.35 bits per heavy atom. The molecule has 0 radical (unpaired) electrons. The number of nitrogens with zero attached hydrogens (tertiary/aromatic N) is 2. The summed E-state index contributed by atoms with van der Waals surface area (Å²) < 4.78 is 29.9. The summed E-state index contributed by atoms with van der Waals surface area (Å²) >= 11 is 6.06. The van der Waals surface area contributed by atoms with Gasteiger partial charge in [-0.2, -0.15) is 5.10 Å². The molecule has 1 aromatic heterocycles. The van der Waals surface area contributed by atoms with Crippen molar-refractivity contribution < 1.29 is 8.42 Å². The van der Waals surface area contributed by atoms with Crippen LogP contribution in [0.3, 0.4) is 0 Å². The SMILES string of the molecule is CC(C)n1cc(S(=O)(=O)Nc2ccccc2Cl)c(C(C)(C)C)n1. The summed E-state index contributed by atoms with van der Waals surface area (Å²) in [5.41, 5.74) is 0.488. The van der Waals surface area contributed by atoms with Crippen LogP contribution in [0, 0.1) is 0 Å². The molecule has 23 heavy (non-hydrogen) atoms. The number of anilines is 1. The topological polar surface area (TPSA) is 64.0 Å². The van der Waals surface area contributed by atoms with Gasteiger partial charge in [-0.05, 0) is 26.0 Å². The van der Waals surface area contributed by atoms with E-state index in [-0.39, 0.29) is 10.9 Å². The second kappa shape index (κ2) is 6.17. The van der Waals surface area contributed by atoms with Crippen molar-refractivity contribution in [1.29, 1.82) is 0 Å². The summed E-state index contributed by atoms with van der Waals surface area (Å²) in [6, 6.07) is 6.81. The van der Waals surface area contributed by atoms with Crippen LogP contribution in [0.4, 0.5) is 5.69 Å². The van der Waals surface area contributed by atoms with Crippen LogP contribution in [0.5, 0.6) is 0 Å². The molecule has 0 aliphatic heterocycles. The molecule has 2 aromatic rings. The fourth-order valence-electron chi connectivity index (χ4n) is 2.10. The van der Waals surface area contributed by atoms with Gasteiger partial charge in [-0.1, -0.05) is 44.5 Å². The van der Waals surface area contributed by atoms with Gasteiger partial charge in [-0.25, -0.2) is 8.42 Å². The van der Waals surface area contributed by atoms with E-state index in [0.29, 0.717) is 16.4 Å². The van der Waals surface area contributed by atoms with Crippen LogP contribution in [0.2, 0.25) is 5.02 Å². The molecular weight excluding hydrogens is 334 g/mol. The van der Waals surface area contributed by atoms with Gasteiger partial charge >= 0.3 is 0 Å². The molecule has 0 unspecified atom stereocenters. The maximum Gasteiger partial charge on any atom is 0.265 e. The zero-order valence-corrected chi connectivity index (χ0v) is 15.5. The number of halogens is 1. The molecule has 0 aliphatic carbocycles. The highest BCUT2D eigenvalue weighted by Gasteiger charge is 2.30. The highest BCUT2D eigenvalue weighted by Crippen LogP contribution is 2.31. The van der Waals surface area contributed by atoms with Gasteiger partial charge < -0.3 is 0 Å². The summed E-state index contributed by atoms with van der Waals surface area (Å²) in [6.07, 6.45) is 1.57. The Hall–Kier alpha value is -1.53. The van der Waals surface area contributed by atoms with Gasteiger partial charge in [-0.15, -0.1) is 0 Å². The lowest BCUT2D eigenvalue weighted by molar-refractivity contribution is 0.493. The minimum Gasteiger partial charge on any atom is -0.278 e. The molecule has 1 aromatic carbocycles. The molecule has 1 heterocycles. The minimum absolute atomic E-state index is 0.0698. The molecule has 0 atom stereocenters. The fraction of sp³-hybridized carbons (Fsp3) is 0.438. The second-order valence-electron chi connectivity index (χ2n) is 6.75. The van der Waals surface area contributed by atoms with Crippen molar-refractivity contribution in [3.63, 3.8) is 0 Å². The van der Waals surface area contributed by atoms with Crippen LogP contribution in [0.1, 0.15) is 46.4 Å². The third-order valence-electron chi connectivity index (χ3n) is 3.35. The Balaban J connectivity index is 2.53. The van der Waals surface area contributed by atoms with E-state index in [0.717, 1.165) is 0 Å². The lowest BCUT2D eigenvalue weighted by Gasteiger charge is -2.18. The Morgan fingerprint density at radius 1 is 1.22 bits per heavy atom. The standard InChI is InChI=1S/C16H22ClN3O2S/c1-11(2)20-10-14(15(18-20)16(3,4)5)23(21,22)19-13-9-7-6-8-12(13)17/h6-11,19H,1-5H3. The predicted molar refractivity (Wildman–Crippen MR) is 93.6 cm³/mol. The number of benzene rings is 1. The van der Waals surface area contributed by atoms with Crippen LogP contribution >= 0.6 is 11.6 Å². The third kappa shape index (κ3) is 3.87. The Bertz CT molecular complexity index is 805. The van der Waals surface area contributed by atoms with Crippen LogP contribution in [-0.2, 0) is 15.4 Å². The van der Waals surface area contributed by atoms with Crippen LogP contribution in [-0.4, -0.2) is 18.2 Å². The molecule has 126 valence electrons. The maximum absolute atomic E-state index is 12.8. The quantitative estimate of drug-likeness (QED) is 0.893. The zero-order valence-electron chi connectivity index (χ0n) is 14.0. The molecule has 0 bridgehead atoms. The summed E-state index contributed by atoms with van der Waals surface area (Å²) in [5.74, 6) is 0. The van der Waals surface area contributed by atoms with E-state index in [4.69, 9.17) is 11.6 Å². The summed E-state index contributed by atoms with van der Waals surface area (Å²) in [4.78, 5) is 0.179. The van der Waals surface area contributed by atoms with Crippen LogP contribution in [0.25, 0.3) is 0 Å². The van der Waals surface area contributed by atoms with Gasteiger partial charge in [0.1, 0.15) is 4.90 Å². The third-order valence-corrected chi connectivity index (χ3v) is 5.04. The van der Waals surface area contributed by atoms with E-state index >= 15 is 0 Å². The highest BCUT2D eigenvalue weighted by atomic mass is 35.5. The second-order valence-corrected chi connectivity index (χ2v) is 8.81. The molecular formula is C16H22ClN3O2S. The number of aromatic nitrogens is 2. The van der Waals surface area contributed by atoms with Gasteiger partial charge in [0.25, 0.3) is 10.0 Å². The predicted octanol–water partition coefficient (Wildman–Crippen LogP) is 4.22. The number of hydrogen-bond donors (Lipinski definition) is 1. The number of sulfonamides is 1. The zero-order chi connectivity index (χ0) is 17.4. The van der Waals surface area contributed by atoms with E-state index in [1.807, 2.05) is 34.6 Å². The monoisotopic (exact) mass is 355 g/mol. The van der Waals surface area contributed by atoms with Crippen molar-refractivity contribution in [2.75, 3.05) is 4.72 Å². The largest absolute Gasteiger partial charge is 0.278 e. The van der Waals surface area contributed by atoms with Gasteiger partial charge in [0.15, 0.2) is 0 Å². The Morgan fingerprint density at radius 2 is 1.83 bits per heavy atom. The average molecular weight is 356 g/mol. The summed E-state index contributed by atoms with van der Waals surface area (Å²) in [5, 5.41) is 4.83. The van der Waals surface area contributed by atoms with Crippen molar-refractivity contribution in [2.24, 2.45) is 0 Å². The van der Waals surface area contributed by atoms with Gasteiger partial charge in [0.2, 0.25) is 0 Å². The van der Waals surface area contributed by atoms with Gasteiger partial charge in [0.05, 0.1) is 16.4 Å². The van der Waals surface area contributed by atoms with E-state index in [2.05, 4.69) is 9.82 Å². The number of rotatable bonds is 4. The lowest BCUT2D eigenvalue weighted by Crippen LogP contribution is -2.20. The first kappa shape index (κ1) is 17.8. The Labute approximate surface area is 142 Å². The van der Waals surface area contributed by atoms with E-state index in [1.165, 1.54) is 0 Å². The molecule has 0 amide bonds. The molecule has 0 aliphatic rings. The first-order valence-electron chi connectivity index (χ1n) is 7.39. The Kier molecular flexibility index (Phi) is 4.78. The van der Waals surface area contributed by atoms with Crippen molar-refractivity contribution in [2.45, 2.75) is 51.0 Å². The number of nitrogens with one attached hydrogen (secondary N) is 1. The first-order valence-corrected chi connectivity index (χ1v) is 9.25. The van der Waals surface area contributed by atoms with Crippen LogP contribution in [0.15, 0.2) is 35.4 Å². The number of para-hydroxylation sites is 1. The van der Waals surface area contributed by atoms with Gasteiger partial charge in [0, 0.05) is 17.7 Å². The molecule has 5 nitrogen and oxygen atoms in total. The maximum atomic E-state index is 12.8. The number of hydrogen-bond acceptors (Lipinski definition) is 3. The molecule has 1 N–H and O–H groups in total. The first-order chi connectivity index (χ1) is 10.5. The van der Waals surface area contributed by atoms with Crippen molar-refractivity contribution in [1.82, 2.24) is 9.78 Å². The van der Waals surface area contributed by atoms with Gasteiger partial charge in [-0.3, -0.25) is 9.40 Å². The molecule has 2 rings (SSSR count). The summed E-state index contributed by atoms with van der Waals surface area (Å²) in [6.45, 7) is 9.73. The van der Waals surface area contributed by atoms with E-state index < -0.39 is 15.4 Å². The lowest BCUT2D eigenvalue weighted by atomic mass is 9.92. The molecule has 0 saturated heterocycles. The fourth-order valence-corrected chi connectivity index (χ4v) is 3.76. The van der Waals surface area contributed by atoms with Crippen molar-refractivity contribution in [3.05, 3.63) is 41.2 Å². The molecule has 0 spiro atoms. The van der Waals surface area contributed by atoms with E-state index in [9.17, 15) is 8.42 Å². The smallest absolute Gasteiger partial charge is 0.265 e. The molecule has 7 heteroatoms. The minimum atomic E-state index is -3.78. The highest BCUT2D eigenvalue weighted by molar-refractivity contribution is 7.92. The average Bonchev–Trinajstić information content (AvgIpc) is 2.87. The van der Waals surface area contributed by atoms with Crippen LogP contribution < -0.4 is 4.72 Å². The summed E-state index contributed by atoms with van der Waals surface area (Å²) in [7, 11) is -3.78. The molecule has 0 saturated carbocycles. The normalized spacial score (nSPS) is 12.7. The van der Waals surface area contributed by atoms with Crippen molar-refractivity contribution in [3.8, 4) is 0 Å². The van der Waals surface area contributed by atoms with E-state index in [1.54, 1.807) is 35.1 Å². The van der Waals surface area contributed by atoms with Crippen molar-refractivity contribution >= 4 is 27.3 Å².